The summed E-state index contributed by atoms with van der Waals surface area (Å²) in [7, 11) is 1.80. The van der Waals surface area contributed by atoms with Crippen LogP contribution in [0.15, 0.2) is 4.99 Å². The zero-order valence-electron chi connectivity index (χ0n) is 16.0. The average Bonchev–Trinajstić information content (AvgIpc) is 3.10. The smallest absolute Gasteiger partial charge is 0.310 e. The molecule has 8 heteroatoms. The zero-order chi connectivity index (χ0) is 17.6. The molecule has 0 spiro atoms. The fourth-order valence-electron chi connectivity index (χ4n) is 4.17. The number of guanidine groups is 1. The van der Waals surface area contributed by atoms with Crippen LogP contribution in [0.2, 0.25) is 0 Å². The first-order valence-electron chi connectivity index (χ1n) is 9.69. The van der Waals surface area contributed by atoms with Crippen LogP contribution >= 0.6 is 24.0 Å². The van der Waals surface area contributed by atoms with Gasteiger partial charge in [-0.2, -0.15) is 0 Å². The minimum Gasteiger partial charge on any atom is -0.466 e. The van der Waals surface area contributed by atoms with Crippen molar-refractivity contribution in [2.24, 2.45) is 10.9 Å². The van der Waals surface area contributed by atoms with Gasteiger partial charge in [-0.05, 0) is 39.2 Å². The molecule has 0 aliphatic carbocycles. The van der Waals surface area contributed by atoms with Crippen molar-refractivity contribution in [2.75, 3.05) is 53.0 Å². The van der Waals surface area contributed by atoms with Gasteiger partial charge in [0.05, 0.1) is 25.2 Å². The van der Waals surface area contributed by atoms with Crippen LogP contribution in [0.1, 0.15) is 32.6 Å². The highest BCUT2D eigenvalue weighted by Gasteiger charge is 2.33. The van der Waals surface area contributed by atoms with E-state index in [0.29, 0.717) is 19.2 Å². The number of nitrogens with zero attached hydrogens (tertiary/aromatic N) is 3. The first kappa shape index (κ1) is 21.7. The molecule has 3 atom stereocenters. The Morgan fingerprint density at radius 2 is 2.08 bits per heavy atom. The number of morpholine rings is 1. The van der Waals surface area contributed by atoms with Crippen LogP contribution in [0.3, 0.4) is 0 Å². The Morgan fingerprint density at radius 3 is 2.85 bits per heavy atom. The number of hydrogen-bond acceptors (Lipinski definition) is 5. The normalized spacial score (nSPS) is 29.7. The summed E-state index contributed by atoms with van der Waals surface area (Å²) in [6, 6.07) is 0.628. The van der Waals surface area contributed by atoms with Gasteiger partial charge in [0, 0.05) is 39.3 Å². The molecule has 0 amide bonds. The van der Waals surface area contributed by atoms with Crippen LogP contribution in [0.4, 0.5) is 0 Å². The Morgan fingerprint density at radius 1 is 1.27 bits per heavy atom. The molecular weight excluding hydrogens is 447 g/mol. The number of rotatable bonds is 4. The molecule has 3 fully saturated rings. The van der Waals surface area contributed by atoms with Crippen LogP contribution in [-0.2, 0) is 14.3 Å². The molecule has 26 heavy (non-hydrogen) atoms. The van der Waals surface area contributed by atoms with Gasteiger partial charge in [0.25, 0.3) is 0 Å². The second-order valence-corrected chi connectivity index (χ2v) is 7.21. The summed E-state index contributed by atoms with van der Waals surface area (Å²) in [5.41, 5.74) is 0. The topological polar surface area (TPSA) is 66.4 Å². The molecule has 3 aliphatic rings. The number of fused-ring (bicyclic) bond motifs is 1. The minimum absolute atomic E-state index is 0. The summed E-state index contributed by atoms with van der Waals surface area (Å²) in [4.78, 5) is 21.2. The number of esters is 1. The molecule has 1 N–H and O–H groups in total. The molecule has 3 rings (SSSR count). The first-order chi connectivity index (χ1) is 12.2. The number of halogens is 1. The van der Waals surface area contributed by atoms with Crippen LogP contribution in [0.25, 0.3) is 0 Å². The molecule has 0 aromatic heterocycles. The van der Waals surface area contributed by atoms with E-state index in [1.165, 1.54) is 19.4 Å². The van der Waals surface area contributed by atoms with Gasteiger partial charge < -0.3 is 19.7 Å². The van der Waals surface area contributed by atoms with Gasteiger partial charge in [0.2, 0.25) is 0 Å². The van der Waals surface area contributed by atoms with Crippen LogP contribution in [-0.4, -0.2) is 86.9 Å². The summed E-state index contributed by atoms with van der Waals surface area (Å²) in [6.45, 7) is 7.71. The Labute approximate surface area is 173 Å². The van der Waals surface area contributed by atoms with Crippen LogP contribution in [0, 0.1) is 5.92 Å². The Balaban J connectivity index is 0.00000243. The van der Waals surface area contributed by atoms with Gasteiger partial charge in [0.15, 0.2) is 5.96 Å². The minimum atomic E-state index is -0.0849. The molecule has 3 heterocycles. The number of likely N-dealkylation sites (tertiary alicyclic amines) is 1. The van der Waals surface area contributed by atoms with Gasteiger partial charge >= 0.3 is 5.97 Å². The maximum absolute atomic E-state index is 12.0. The third kappa shape index (κ3) is 5.45. The number of nitrogens with one attached hydrogen (secondary N) is 1. The highest BCUT2D eigenvalue weighted by molar-refractivity contribution is 14.0. The number of hydrogen-bond donors (Lipinski definition) is 1. The summed E-state index contributed by atoms with van der Waals surface area (Å²) in [6.07, 6.45) is 4.65. The quantitative estimate of drug-likeness (QED) is 0.284. The lowest BCUT2D eigenvalue weighted by Crippen LogP contribution is -2.53. The number of aliphatic imine (C=N–C) groups is 1. The van der Waals surface area contributed by atoms with Gasteiger partial charge in [-0.3, -0.25) is 14.7 Å². The fraction of sp³-hybridized carbons (Fsp3) is 0.889. The second kappa shape index (κ2) is 10.7. The lowest BCUT2D eigenvalue weighted by molar-refractivity contribution is -0.149. The lowest BCUT2D eigenvalue weighted by Gasteiger charge is -2.37. The van der Waals surface area contributed by atoms with Crippen LogP contribution in [0.5, 0.6) is 0 Å². The molecule has 3 unspecified atom stereocenters. The van der Waals surface area contributed by atoms with Crippen molar-refractivity contribution < 1.29 is 14.3 Å². The van der Waals surface area contributed by atoms with E-state index in [2.05, 4.69) is 20.1 Å². The predicted octanol–water partition coefficient (Wildman–Crippen LogP) is 1.32. The Bertz CT molecular complexity index is 491. The van der Waals surface area contributed by atoms with E-state index in [9.17, 15) is 4.79 Å². The van der Waals surface area contributed by atoms with Gasteiger partial charge in [0.1, 0.15) is 0 Å². The van der Waals surface area contributed by atoms with E-state index in [1.54, 1.807) is 7.05 Å². The van der Waals surface area contributed by atoms with E-state index >= 15 is 0 Å². The maximum atomic E-state index is 12.0. The van der Waals surface area contributed by atoms with E-state index in [-0.39, 0.29) is 42.0 Å². The second-order valence-electron chi connectivity index (χ2n) is 7.21. The van der Waals surface area contributed by atoms with Crippen molar-refractivity contribution in [3.63, 3.8) is 0 Å². The Kier molecular flexibility index (Phi) is 8.89. The number of piperidine rings is 1. The van der Waals surface area contributed by atoms with E-state index in [1.807, 2.05) is 6.92 Å². The average molecular weight is 480 g/mol. The molecule has 0 bridgehead atoms. The molecule has 3 aliphatic heterocycles. The third-order valence-corrected chi connectivity index (χ3v) is 5.50. The van der Waals surface area contributed by atoms with E-state index < -0.39 is 0 Å². The van der Waals surface area contributed by atoms with Crippen molar-refractivity contribution in [1.29, 1.82) is 0 Å². The largest absolute Gasteiger partial charge is 0.466 e. The van der Waals surface area contributed by atoms with Crippen molar-refractivity contribution in [3.05, 3.63) is 0 Å². The van der Waals surface area contributed by atoms with Gasteiger partial charge in [-0.25, -0.2) is 0 Å². The molecule has 3 saturated heterocycles. The summed E-state index contributed by atoms with van der Waals surface area (Å²) < 4.78 is 11.2. The first-order valence-corrected chi connectivity index (χ1v) is 9.69. The molecule has 0 aromatic rings. The highest BCUT2D eigenvalue weighted by Crippen LogP contribution is 2.22. The monoisotopic (exact) mass is 480 g/mol. The van der Waals surface area contributed by atoms with Crippen molar-refractivity contribution in [1.82, 2.24) is 15.1 Å². The highest BCUT2D eigenvalue weighted by atomic mass is 127. The predicted molar refractivity (Wildman–Crippen MR) is 112 cm³/mol. The number of ether oxygens (including phenoxy) is 2. The standard InChI is InChI=1S/C18H32N4O3.HI/c1-3-24-17(23)14-6-4-9-22(11-14)18(19-2)20-10-16-12-21-8-5-7-15(21)13-25-16;/h14-16H,3-13H2,1-2H3,(H,19,20);1H. The fourth-order valence-corrected chi connectivity index (χ4v) is 4.17. The van der Waals surface area contributed by atoms with Crippen LogP contribution < -0.4 is 5.32 Å². The maximum Gasteiger partial charge on any atom is 0.310 e. The molecule has 0 saturated carbocycles. The number of carbonyl (C=O) groups excluding carboxylic acids is 1. The van der Waals surface area contributed by atoms with E-state index in [0.717, 1.165) is 45.0 Å². The molecule has 150 valence electrons. The molecule has 0 radical (unpaired) electrons. The van der Waals surface area contributed by atoms with Gasteiger partial charge in [-0.1, -0.05) is 0 Å². The van der Waals surface area contributed by atoms with Crippen molar-refractivity contribution >= 4 is 35.9 Å². The van der Waals surface area contributed by atoms with Crippen molar-refractivity contribution in [2.45, 2.75) is 44.8 Å². The summed E-state index contributed by atoms with van der Waals surface area (Å²) in [5, 5.41) is 3.45. The SMILES string of the molecule is CCOC(=O)C1CCCN(C(=NC)NCC2CN3CCCC3CO2)C1.I. The lowest BCUT2D eigenvalue weighted by atomic mass is 9.98. The summed E-state index contributed by atoms with van der Waals surface area (Å²) in [5.74, 6) is 0.725. The van der Waals surface area contributed by atoms with Gasteiger partial charge in [-0.15, -0.1) is 24.0 Å². The van der Waals surface area contributed by atoms with Crippen molar-refractivity contribution in [3.8, 4) is 0 Å². The third-order valence-electron chi connectivity index (χ3n) is 5.50. The number of carbonyl (C=O) groups is 1. The zero-order valence-corrected chi connectivity index (χ0v) is 18.3. The molecule has 0 aromatic carbocycles. The Hall–Kier alpha value is -0.610. The van der Waals surface area contributed by atoms with E-state index in [4.69, 9.17) is 9.47 Å². The summed E-state index contributed by atoms with van der Waals surface area (Å²) >= 11 is 0. The molecule has 7 nitrogen and oxygen atoms in total. The molecular formula is C18H33IN4O3.